The molecule has 0 aliphatic rings. The quantitative estimate of drug-likeness (QED) is 0.401. The third-order valence-corrected chi connectivity index (χ3v) is 0.505. The van der Waals surface area contributed by atoms with Crippen LogP contribution in [0.5, 0.6) is 0 Å². The first kappa shape index (κ1) is 6.83. The molecule has 0 fully saturated rings. The van der Waals surface area contributed by atoms with E-state index in [0.29, 0.717) is 0 Å². The normalized spacial score (nSPS) is 14.7. The van der Waals surface area contributed by atoms with Crippen molar-refractivity contribution in [2.45, 2.75) is 19.4 Å². The second-order valence-corrected chi connectivity index (χ2v) is 1.76. The molecule has 1 nitrogen and oxygen atoms in total. The van der Waals surface area contributed by atoms with E-state index in [2.05, 4.69) is 0 Å². The molecule has 0 aromatic rings. The Bertz CT molecular complexity index is 59.1. The minimum Gasteiger partial charge on any atom is -0.483 e. The van der Waals surface area contributed by atoms with Crippen molar-refractivity contribution in [2.24, 2.45) is 0 Å². The van der Waals surface area contributed by atoms with E-state index in [9.17, 15) is 0 Å². The summed E-state index contributed by atoms with van der Waals surface area (Å²) in [5, 5.41) is 0. The van der Waals surface area contributed by atoms with Gasteiger partial charge in [-0.15, -0.1) is 0 Å². The average Bonchev–Trinajstić information content (AvgIpc) is 1.61. The van der Waals surface area contributed by atoms with Gasteiger partial charge in [-0.25, -0.2) is 0 Å². The fourth-order valence-corrected chi connectivity index (χ4v) is 0.246. The molecule has 1 unspecified atom stereocenters. The van der Waals surface area contributed by atoms with Crippen LogP contribution in [0.1, 0.15) is 13.8 Å². The number of ether oxygens (including phenoxy) is 1. The summed E-state index contributed by atoms with van der Waals surface area (Å²) in [7, 11) is 0. The van der Waals surface area contributed by atoms with Gasteiger partial charge in [0.15, 0.2) is 5.56 Å². The summed E-state index contributed by atoms with van der Waals surface area (Å²) in [6.45, 7) is 3.64. The summed E-state index contributed by atoms with van der Waals surface area (Å²) in [6, 6.07) is 0. The van der Waals surface area contributed by atoms with Crippen LogP contribution in [0.2, 0.25) is 0 Å². The molecule has 2 heteroatoms. The maximum Gasteiger partial charge on any atom is 0.168 e. The monoisotopic (exact) mass is 120 g/mol. The molecular weight excluding hydrogens is 112 g/mol. The van der Waals surface area contributed by atoms with Gasteiger partial charge in [0.2, 0.25) is 0 Å². The molecule has 0 bridgehead atoms. The van der Waals surface area contributed by atoms with Crippen LogP contribution in [0.4, 0.5) is 0 Å². The van der Waals surface area contributed by atoms with Crippen LogP contribution in [0.3, 0.4) is 0 Å². The molecule has 0 radical (unpaired) electrons. The predicted molar refractivity (Wildman–Crippen MR) is 31.2 cm³/mol. The second-order valence-electron chi connectivity index (χ2n) is 1.15. The van der Waals surface area contributed by atoms with Gasteiger partial charge in [0.05, 0.1) is 6.26 Å². The number of hydrogen-bond donors (Lipinski definition) is 0. The Labute approximate surface area is 48.9 Å². The lowest BCUT2D eigenvalue weighted by molar-refractivity contribution is 0.232. The lowest BCUT2D eigenvalue weighted by Crippen LogP contribution is -1.89. The van der Waals surface area contributed by atoms with Crippen molar-refractivity contribution in [3.8, 4) is 0 Å². The summed E-state index contributed by atoms with van der Waals surface area (Å²) < 4.78 is 4.78. The highest BCUT2D eigenvalue weighted by atomic mass is 35.5. The molecule has 0 N–H and O–H groups in total. The molecule has 0 saturated heterocycles. The lowest BCUT2D eigenvalue weighted by Gasteiger charge is -1.97. The summed E-state index contributed by atoms with van der Waals surface area (Å²) in [4.78, 5) is 0. The molecule has 0 spiro atoms. The van der Waals surface area contributed by atoms with Gasteiger partial charge in [0.25, 0.3) is 0 Å². The summed E-state index contributed by atoms with van der Waals surface area (Å²) in [6.07, 6.45) is 3.36. The van der Waals surface area contributed by atoms with E-state index in [1.165, 1.54) is 0 Å². The summed E-state index contributed by atoms with van der Waals surface area (Å²) in [5.74, 6) is 0. The molecular formula is C5H9ClO. The van der Waals surface area contributed by atoms with Crippen molar-refractivity contribution in [1.82, 2.24) is 0 Å². The van der Waals surface area contributed by atoms with Crippen LogP contribution in [-0.2, 0) is 4.74 Å². The molecule has 0 aromatic heterocycles. The fourth-order valence-electron chi connectivity index (χ4n) is 0.187. The van der Waals surface area contributed by atoms with Gasteiger partial charge >= 0.3 is 0 Å². The topological polar surface area (TPSA) is 9.23 Å². The Morgan fingerprint density at radius 1 is 1.71 bits per heavy atom. The Morgan fingerprint density at radius 2 is 2.29 bits per heavy atom. The van der Waals surface area contributed by atoms with Crippen molar-refractivity contribution in [1.29, 1.82) is 0 Å². The highest BCUT2D eigenvalue weighted by molar-refractivity contribution is 6.19. The van der Waals surface area contributed by atoms with E-state index in [-0.39, 0.29) is 5.56 Å². The van der Waals surface area contributed by atoms with E-state index in [1.54, 1.807) is 19.3 Å². The first-order chi connectivity index (χ1) is 3.27. The highest BCUT2D eigenvalue weighted by Crippen LogP contribution is 1.94. The lowest BCUT2D eigenvalue weighted by atomic mass is 10.7. The zero-order valence-corrected chi connectivity index (χ0v) is 5.27. The van der Waals surface area contributed by atoms with Gasteiger partial charge in [0.1, 0.15) is 0 Å². The average molecular weight is 121 g/mol. The van der Waals surface area contributed by atoms with Crippen molar-refractivity contribution in [2.75, 3.05) is 0 Å². The molecule has 1 atom stereocenters. The van der Waals surface area contributed by atoms with Crippen LogP contribution in [0.15, 0.2) is 12.3 Å². The summed E-state index contributed by atoms with van der Waals surface area (Å²) >= 11 is 5.38. The maximum atomic E-state index is 5.38. The van der Waals surface area contributed by atoms with E-state index >= 15 is 0 Å². The smallest absolute Gasteiger partial charge is 0.168 e. The van der Waals surface area contributed by atoms with Crippen molar-refractivity contribution >= 4 is 11.6 Å². The van der Waals surface area contributed by atoms with Gasteiger partial charge in [0, 0.05) is 0 Å². The Morgan fingerprint density at radius 3 is 2.43 bits per heavy atom. The zero-order valence-electron chi connectivity index (χ0n) is 4.52. The molecule has 7 heavy (non-hydrogen) atoms. The minimum atomic E-state index is -0.212. The largest absolute Gasteiger partial charge is 0.483 e. The van der Waals surface area contributed by atoms with E-state index < -0.39 is 0 Å². The maximum absolute atomic E-state index is 5.38. The molecule has 0 rings (SSSR count). The molecule has 0 amide bonds. The number of rotatable bonds is 2. The van der Waals surface area contributed by atoms with Crippen LogP contribution in [-0.4, -0.2) is 5.56 Å². The zero-order chi connectivity index (χ0) is 5.70. The van der Waals surface area contributed by atoms with Crippen LogP contribution in [0, 0.1) is 0 Å². The Balaban J connectivity index is 2.97. The standard InChI is InChI=1S/C5H9ClO/c1-3-4-7-5(2)6/h3-5H,1-2H3/b4-3-. The number of halogens is 1. The van der Waals surface area contributed by atoms with Crippen molar-refractivity contribution in [3.63, 3.8) is 0 Å². The van der Waals surface area contributed by atoms with Gasteiger partial charge in [-0.2, -0.15) is 0 Å². The predicted octanol–water partition coefficient (Wildman–Crippen LogP) is 2.12. The van der Waals surface area contributed by atoms with Gasteiger partial charge < -0.3 is 4.74 Å². The Hall–Kier alpha value is -0.170. The van der Waals surface area contributed by atoms with Crippen LogP contribution >= 0.6 is 11.6 Å². The van der Waals surface area contributed by atoms with Gasteiger partial charge in [-0.1, -0.05) is 17.7 Å². The van der Waals surface area contributed by atoms with Crippen LogP contribution < -0.4 is 0 Å². The van der Waals surface area contributed by atoms with Crippen molar-refractivity contribution < 1.29 is 4.74 Å². The Kier molecular flexibility index (Phi) is 3.90. The van der Waals surface area contributed by atoms with E-state index in [1.807, 2.05) is 6.92 Å². The minimum absolute atomic E-state index is 0.212. The summed E-state index contributed by atoms with van der Waals surface area (Å²) in [5.41, 5.74) is -0.212. The number of alkyl halides is 1. The molecule has 0 heterocycles. The van der Waals surface area contributed by atoms with E-state index in [0.717, 1.165) is 0 Å². The number of allylic oxidation sites excluding steroid dienone is 1. The fraction of sp³-hybridized carbons (Fsp3) is 0.600. The molecule has 0 aliphatic heterocycles. The molecule has 42 valence electrons. The first-order valence-corrected chi connectivity index (χ1v) is 2.61. The SMILES string of the molecule is C/C=C\OC(C)Cl. The third-order valence-electron chi connectivity index (χ3n) is 0.402. The highest BCUT2D eigenvalue weighted by Gasteiger charge is 1.85. The van der Waals surface area contributed by atoms with Crippen LogP contribution in [0.25, 0.3) is 0 Å². The van der Waals surface area contributed by atoms with Gasteiger partial charge in [-0.05, 0) is 13.8 Å². The molecule has 0 aromatic carbocycles. The second kappa shape index (κ2) is 4.00. The molecule has 0 aliphatic carbocycles. The first-order valence-electron chi connectivity index (χ1n) is 2.18. The number of hydrogen-bond acceptors (Lipinski definition) is 1. The van der Waals surface area contributed by atoms with Crippen molar-refractivity contribution in [3.05, 3.63) is 12.3 Å². The third kappa shape index (κ3) is 5.83. The van der Waals surface area contributed by atoms with E-state index in [4.69, 9.17) is 16.3 Å². The van der Waals surface area contributed by atoms with Gasteiger partial charge in [-0.3, -0.25) is 0 Å². The molecule has 0 saturated carbocycles.